The number of rotatable bonds is 22. The van der Waals surface area contributed by atoms with Crippen molar-refractivity contribution in [2.75, 3.05) is 13.1 Å². The molecule has 17 heteroatoms. The monoisotopic (exact) mass is 657 g/mol. The number of hydrogen-bond donors (Lipinski definition) is 9. The third kappa shape index (κ3) is 15.7. The highest BCUT2D eigenvalue weighted by Gasteiger charge is 2.34. The molecule has 0 aromatic rings. The summed E-state index contributed by atoms with van der Waals surface area (Å²) in [5, 5.41) is 33.5. The molecule has 7 atom stereocenters. The van der Waals surface area contributed by atoms with E-state index in [2.05, 4.69) is 31.9 Å². The Hall–Kier alpha value is -4.12. The zero-order valence-corrected chi connectivity index (χ0v) is 27.4. The number of carboxylic acids is 1. The van der Waals surface area contributed by atoms with Crippen LogP contribution in [0.25, 0.3) is 0 Å². The SMILES string of the molecule is CCC(C)[C@H](NC(=O)[C@H](CCCCN)NC(C)=O)C(=O)N[C@H](C(=O)N[C@@H](C)C(=O)NC(C)C(=O)C(=O)NCCCC(=O)O)[C@@H](C)O. The van der Waals surface area contributed by atoms with Crippen molar-refractivity contribution >= 4 is 47.2 Å². The molecule has 6 amide bonds. The van der Waals surface area contributed by atoms with Gasteiger partial charge < -0.3 is 47.8 Å². The van der Waals surface area contributed by atoms with Crippen molar-refractivity contribution in [1.82, 2.24) is 31.9 Å². The van der Waals surface area contributed by atoms with E-state index in [0.29, 0.717) is 25.8 Å². The van der Waals surface area contributed by atoms with Crippen LogP contribution >= 0.6 is 0 Å². The van der Waals surface area contributed by atoms with Gasteiger partial charge >= 0.3 is 5.97 Å². The average Bonchev–Trinajstić information content (AvgIpc) is 2.98. The Kier molecular flexibility index (Phi) is 19.7. The van der Waals surface area contributed by atoms with Gasteiger partial charge in [0.05, 0.1) is 12.1 Å². The summed E-state index contributed by atoms with van der Waals surface area (Å²) < 4.78 is 0. The van der Waals surface area contributed by atoms with E-state index in [1.54, 1.807) is 13.8 Å². The third-order valence-electron chi connectivity index (χ3n) is 7.08. The zero-order chi connectivity index (χ0) is 35.6. The molecular weight excluding hydrogens is 606 g/mol. The molecule has 2 unspecified atom stereocenters. The van der Waals surface area contributed by atoms with Gasteiger partial charge in [-0.15, -0.1) is 0 Å². The summed E-state index contributed by atoms with van der Waals surface area (Å²) in [5.41, 5.74) is 5.52. The predicted molar refractivity (Wildman–Crippen MR) is 166 cm³/mol. The maximum Gasteiger partial charge on any atom is 0.303 e. The summed E-state index contributed by atoms with van der Waals surface area (Å²) in [4.78, 5) is 98.6. The van der Waals surface area contributed by atoms with Crippen molar-refractivity contribution in [1.29, 1.82) is 0 Å². The highest BCUT2D eigenvalue weighted by Crippen LogP contribution is 2.11. The first kappa shape index (κ1) is 41.9. The van der Waals surface area contributed by atoms with Gasteiger partial charge in [0.1, 0.15) is 24.2 Å². The number of aliphatic hydroxyl groups is 1. The van der Waals surface area contributed by atoms with Crippen LogP contribution in [0, 0.1) is 5.92 Å². The minimum atomic E-state index is -1.54. The molecule has 0 aromatic carbocycles. The fourth-order valence-electron chi connectivity index (χ4n) is 4.11. The number of unbranched alkanes of at least 4 members (excludes halogenated alkanes) is 1. The lowest BCUT2D eigenvalue weighted by Crippen LogP contribution is -2.61. The van der Waals surface area contributed by atoms with Crippen LogP contribution in [0.1, 0.15) is 80.1 Å². The molecule has 0 spiro atoms. The van der Waals surface area contributed by atoms with Crippen LogP contribution in [0.5, 0.6) is 0 Å². The number of nitrogens with one attached hydrogen (secondary N) is 6. The van der Waals surface area contributed by atoms with Crippen LogP contribution in [0.3, 0.4) is 0 Å². The Balaban J connectivity index is 5.44. The van der Waals surface area contributed by atoms with Crippen LogP contribution in [0.2, 0.25) is 0 Å². The summed E-state index contributed by atoms with van der Waals surface area (Å²) in [5.74, 6) is -7.08. The van der Waals surface area contributed by atoms with E-state index in [-0.39, 0.29) is 25.8 Å². The maximum atomic E-state index is 13.3. The van der Waals surface area contributed by atoms with E-state index in [0.717, 1.165) is 0 Å². The highest BCUT2D eigenvalue weighted by molar-refractivity contribution is 6.38. The summed E-state index contributed by atoms with van der Waals surface area (Å²) >= 11 is 0. The van der Waals surface area contributed by atoms with E-state index < -0.39 is 89.4 Å². The van der Waals surface area contributed by atoms with Gasteiger partial charge in [0.25, 0.3) is 5.91 Å². The van der Waals surface area contributed by atoms with Crippen LogP contribution < -0.4 is 37.6 Å². The second-order valence-electron chi connectivity index (χ2n) is 11.2. The van der Waals surface area contributed by atoms with E-state index >= 15 is 0 Å². The molecule has 0 fully saturated rings. The molecule has 0 radical (unpaired) electrons. The van der Waals surface area contributed by atoms with Crippen molar-refractivity contribution in [3.8, 4) is 0 Å². The van der Waals surface area contributed by atoms with Crippen molar-refractivity contribution < 1.29 is 48.6 Å². The lowest BCUT2D eigenvalue weighted by molar-refractivity contribution is -0.140. The first-order valence-corrected chi connectivity index (χ1v) is 15.4. The Bertz CT molecular complexity index is 1080. The van der Waals surface area contributed by atoms with Gasteiger partial charge in [0.2, 0.25) is 35.3 Å². The Morgan fingerprint density at radius 2 is 1.28 bits per heavy atom. The smallest absolute Gasteiger partial charge is 0.303 e. The van der Waals surface area contributed by atoms with Crippen LogP contribution in [0.15, 0.2) is 0 Å². The average molecular weight is 658 g/mol. The number of hydrogen-bond acceptors (Lipinski definition) is 10. The molecule has 0 saturated heterocycles. The lowest BCUT2D eigenvalue weighted by atomic mass is 9.96. The number of carbonyl (C=O) groups is 8. The molecule has 17 nitrogen and oxygen atoms in total. The molecule has 0 heterocycles. The highest BCUT2D eigenvalue weighted by atomic mass is 16.4. The van der Waals surface area contributed by atoms with Crippen LogP contribution in [-0.2, 0) is 38.4 Å². The topological polar surface area (TPSA) is 275 Å². The number of aliphatic carboxylic acids is 1. The fourth-order valence-corrected chi connectivity index (χ4v) is 4.11. The fraction of sp³-hybridized carbons (Fsp3) is 0.724. The number of carbonyl (C=O) groups excluding carboxylic acids is 7. The summed E-state index contributed by atoms with van der Waals surface area (Å²) in [6.07, 6.45) is 0.403. The molecule has 0 aliphatic heterocycles. The van der Waals surface area contributed by atoms with Gasteiger partial charge in [-0.1, -0.05) is 20.3 Å². The Morgan fingerprint density at radius 3 is 1.80 bits per heavy atom. The standard InChI is InChI=1S/C29H51N7O10/c1-7-15(2)22(35-26(43)20(34-19(6)38)11-8-9-13-30)27(44)36-23(18(5)37)28(45)33-17(4)25(42)32-16(3)24(41)29(46)31-14-10-12-21(39)40/h15-18,20,22-23,37H,7-14,30H2,1-6H3,(H,31,46)(H,32,42)(H,33,45)(H,34,38)(H,35,43)(H,36,44)(H,39,40)/t15?,16?,17-,18+,20-,22-,23-/m0/s1. The molecule has 0 bridgehead atoms. The zero-order valence-electron chi connectivity index (χ0n) is 27.4. The number of carboxylic acid groups (broad SMARTS) is 1. The van der Waals surface area contributed by atoms with E-state index in [1.807, 2.05) is 0 Å². The third-order valence-corrected chi connectivity index (χ3v) is 7.08. The van der Waals surface area contributed by atoms with Crippen LogP contribution in [-0.4, -0.2) is 107 Å². The number of Topliss-reactive ketones (excluding diaryl/α,β-unsaturated/α-hetero) is 1. The second-order valence-corrected chi connectivity index (χ2v) is 11.2. The van der Waals surface area contributed by atoms with Gasteiger partial charge in [-0.25, -0.2) is 0 Å². The van der Waals surface area contributed by atoms with Gasteiger partial charge in [-0.05, 0) is 58.9 Å². The molecular formula is C29H51N7O10. The largest absolute Gasteiger partial charge is 0.481 e. The van der Waals surface area contributed by atoms with Crippen molar-refractivity contribution in [3.05, 3.63) is 0 Å². The van der Waals surface area contributed by atoms with Crippen molar-refractivity contribution in [2.45, 2.75) is 116 Å². The Labute approximate surface area is 268 Å². The number of amides is 6. The van der Waals surface area contributed by atoms with Gasteiger partial charge in [0.15, 0.2) is 0 Å². The number of aliphatic hydroxyl groups excluding tert-OH is 1. The first-order chi connectivity index (χ1) is 21.5. The second kappa shape index (κ2) is 21.6. The number of nitrogens with two attached hydrogens (primary N) is 1. The lowest BCUT2D eigenvalue weighted by Gasteiger charge is -2.29. The maximum absolute atomic E-state index is 13.3. The molecule has 262 valence electrons. The summed E-state index contributed by atoms with van der Waals surface area (Å²) in [7, 11) is 0. The molecule has 10 N–H and O–H groups in total. The molecule has 46 heavy (non-hydrogen) atoms. The molecule has 0 rings (SSSR count). The number of ketones is 1. The minimum Gasteiger partial charge on any atom is -0.481 e. The predicted octanol–water partition coefficient (Wildman–Crippen LogP) is -2.42. The molecule has 0 aliphatic carbocycles. The van der Waals surface area contributed by atoms with Gasteiger partial charge in [-0.2, -0.15) is 0 Å². The molecule has 0 aliphatic rings. The first-order valence-electron chi connectivity index (χ1n) is 15.4. The van der Waals surface area contributed by atoms with E-state index in [9.17, 15) is 43.5 Å². The van der Waals surface area contributed by atoms with E-state index in [4.69, 9.17) is 10.8 Å². The Morgan fingerprint density at radius 1 is 0.717 bits per heavy atom. The minimum absolute atomic E-state index is 0.0529. The molecule has 0 saturated carbocycles. The van der Waals surface area contributed by atoms with Crippen LogP contribution in [0.4, 0.5) is 0 Å². The van der Waals surface area contributed by atoms with Gasteiger partial charge in [-0.3, -0.25) is 38.4 Å². The summed E-state index contributed by atoms with van der Waals surface area (Å²) in [6.45, 7) is 8.88. The quantitative estimate of drug-likeness (QED) is 0.0436. The summed E-state index contributed by atoms with van der Waals surface area (Å²) in [6, 6.07) is -6.15. The van der Waals surface area contributed by atoms with E-state index in [1.165, 1.54) is 27.7 Å². The van der Waals surface area contributed by atoms with Crippen molar-refractivity contribution in [2.24, 2.45) is 11.7 Å². The molecule has 0 aromatic heterocycles. The normalized spacial score (nSPS) is 15.4. The van der Waals surface area contributed by atoms with Gasteiger partial charge in [0, 0.05) is 19.9 Å². The van der Waals surface area contributed by atoms with Crippen molar-refractivity contribution in [3.63, 3.8) is 0 Å².